The van der Waals surface area contributed by atoms with E-state index in [9.17, 15) is 4.79 Å². The van der Waals surface area contributed by atoms with E-state index >= 15 is 0 Å². The number of aromatic nitrogens is 4. The second kappa shape index (κ2) is 6.12. The number of benzene rings is 2. The SMILES string of the molecule is CC1(c2cccc(C(=O)Nc3ccccc3Cc3nn[nH]n3)c2)CC1. The van der Waals surface area contributed by atoms with Gasteiger partial charge in [-0.25, -0.2) is 0 Å². The average molecular weight is 333 g/mol. The number of rotatable bonds is 5. The number of carbonyl (C=O) groups is 1. The van der Waals surface area contributed by atoms with Crippen molar-refractivity contribution in [1.29, 1.82) is 0 Å². The number of hydrogen-bond acceptors (Lipinski definition) is 4. The maximum Gasteiger partial charge on any atom is 0.255 e. The van der Waals surface area contributed by atoms with Crippen LogP contribution < -0.4 is 5.32 Å². The highest BCUT2D eigenvalue weighted by molar-refractivity contribution is 6.04. The predicted octanol–water partition coefficient (Wildman–Crippen LogP) is 3.09. The van der Waals surface area contributed by atoms with Crippen molar-refractivity contribution in [3.63, 3.8) is 0 Å². The molecule has 1 heterocycles. The minimum absolute atomic E-state index is 0.105. The second-order valence-electron chi connectivity index (χ2n) is 6.76. The van der Waals surface area contributed by atoms with E-state index in [-0.39, 0.29) is 11.3 Å². The van der Waals surface area contributed by atoms with Gasteiger partial charge in [-0.2, -0.15) is 5.21 Å². The molecule has 3 aromatic rings. The number of aromatic amines is 1. The average Bonchev–Trinajstić information content (AvgIpc) is 3.17. The summed E-state index contributed by atoms with van der Waals surface area (Å²) in [5.41, 5.74) is 3.87. The van der Waals surface area contributed by atoms with Crippen LogP contribution in [0.1, 0.15) is 47.1 Å². The Morgan fingerprint density at radius 2 is 2.04 bits per heavy atom. The van der Waals surface area contributed by atoms with Crippen LogP contribution in [0.4, 0.5) is 5.69 Å². The standard InChI is InChI=1S/C19H19N5O/c1-19(9-10-19)15-7-4-6-14(11-15)18(25)20-16-8-3-2-5-13(16)12-17-21-23-24-22-17/h2-8,11H,9-10,12H2,1H3,(H,20,25)(H,21,22,23,24). The Bertz CT molecular complexity index is 900. The first kappa shape index (κ1) is 15.5. The van der Waals surface area contributed by atoms with Gasteiger partial charge in [-0.15, -0.1) is 10.2 Å². The van der Waals surface area contributed by atoms with Crippen LogP contribution in [-0.4, -0.2) is 26.5 Å². The number of hydrogen-bond donors (Lipinski definition) is 2. The van der Waals surface area contributed by atoms with Crippen molar-refractivity contribution in [3.05, 3.63) is 71.0 Å². The maximum absolute atomic E-state index is 12.7. The van der Waals surface area contributed by atoms with Gasteiger partial charge in [0.1, 0.15) is 0 Å². The summed E-state index contributed by atoms with van der Waals surface area (Å²) in [7, 11) is 0. The van der Waals surface area contributed by atoms with E-state index < -0.39 is 0 Å². The number of H-pyrrole nitrogens is 1. The highest BCUT2D eigenvalue weighted by Gasteiger charge is 2.39. The number of nitrogens with zero attached hydrogens (tertiary/aromatic N) is 3. The Kier molecular flexibility index (Phi) is 3.80. The summed E-state index contributed by atoms with van der Waals surface area (Å²) in [4.78, 5) is 12.7. The summed E-state index contributed by atoms with van der Waals surface area (Å²) in [6.07, 6.45) is 2.88. The quantitative estimate of drug-likeness (QED) is 0.751. The normalized spacial score (nSPS) is 14.9. The topological polar surface area (TPSA) is 83.6 Å². The Balaban J connectivity index is 1.55. The van der Waals surface area contributed by atoms with Crippen LogP contribution in [0.15, 0.2) is 48.5 Å². The minimum Gasteiger partial charge on any atom is -0.322 e. The molecule has 0 aliphatic heterocycles. The third-order valence-corrected chi connectivity index (χ3v) is 4.83. The zero-order valence-corrected chi connectivity index (χ0v) is 14.0. The lowest BCUT2D eigenvalue weighted by Crippen LogP contribution is -2.14. The van der Waals surface area contributed by atoms with Crippen molar-refractivity contribution in [2.75, 3.05) is 5.32 Å². The fourth-order valence-electron chi connectivity index (χ4n) is 2.93. The molecule has 0 atom stereocenters. The molecule has 2 N–H and O–H groups in total. The summed E-state index contributed by atoms with van der Waals surface area (Å²) in [6, 6.07) is 15.6. The molecule has 1 fully saturated rings. The van der Waals surface area contributed by atoms with Crippen LogP contribution in [0.5, 0.6) is 0 Å². The molecular formula is C19H19N5O. The molecule has 0 unspecified atom stereocenters. The number of amides is 1. The smallest absolute Gasteiger partial charge is 0.255 e. The first-order valence-electron chi connectivity index (χ1n) is 8.36. The fraction of sp³-hybridized carbons (Fsp3) is 0.263. The summed E-state index contributed by atoms with van der Waals surface area (Å²) < 4.78 is 0. The first-order valence-corrected chi connectivity index (χ1v) is 8.36. The predicted molar refractivity (Wildman–Crippen MR) is 94.4 cm³/mol. The molecule has 6 heteroatoms. The van der Waals surface area contributed by atoms with Crippen LogP contribution in [0.3, 0.4) is 0 Å². The third kappa shape index (κ3) is 3.28. The van der Waals surface area contributed by atoms with Crippen LogP contribution >= 0.6 is 0 Å². The largest absolute Gasteiger partial charge is 0.322 e. The molecule has 0 bridgehead atoms. The lowest BCUT2D eigenvalue weighted by Gasteiger charge is -2.12. The zero-order chi connectivity index (χ0) is 17.3. The van der Waals surface area contributed by atoms with Crippen LogP contribution in [-0.2, 0) is 11.8 Å². The third-order valence-electron chi connectivity index (χ3n) is 4.83. The molecule has 25 heavy (non-hydrogen) atoms. The Hall–Kier alpha value is -3.02. The van der Waals surface area contributed by atoms with Gasteiger partial charge < -0.3 is 5.32 Å². The summed E-state index contributed by atoms with van der Waals surface area (Å²) in [6.45, 7) is 2.24. The van der Waals surface area contributed by atoms with E-state index in [1.165, 1.54) is 18.4 Å². The van der Waals surface area contributed by atoms with Gasteiger partial charge in [0.25, 0.3) is 5.91 Å². The fourth-order valence-corrected chi connectivity index (χ4v) is 2.93. The molecule has 6 nitrogen and oxygen atoms in total. The Morgan fingerprint density at radius 1 is 1.20 bits per heavy atom. The molecule has 0 saturated heterocycles. The van der Waals surface area contributed by atoms with E-state index in [4.69, 9.17) is 0 Å². The molecular weight excluding hydrogens is 314 g/mol. The van der Waals surface area contributed by atoms with E-state index in [1.807, 2.05) is 42.5 Å². The molecule has 1 aliphatic carbocycles. The summed E-state index contributed by atoms with van der Waals surface area (Å²) in [5, 5.41) is 17.0. The van der Waals surface area contributed by atoms with E-state index in [0.29, 0.717) is 17.8 Å². The van der Waals surface area contributed by atoms with Crippen LogP contribution in [0.25, 0.3) is 0 Å². The Morgan fingerprint density at radius 3 is 2.80 bits per heavy atom. The molecule has 126 valence electrons. The summed E-state index contributed by atoms with van der Waals surface area (Å²) in [5.74, 6) is 0.483. The van der Waals surface area contributed by atoms with Gasteiger partial charge >= 0.3 is 0 Å². The van der Waals surface area contributed by atoms with Crippen LogP contribution in [0, 0.1) is 0 Å². The lowest BCUT2D eigenvalue weighted by atomic mass is 9.96. The molecule has 1 amide bonds. The molecule has 0 radical (unpaired) electrons. The van der Waals surface area contributed by atoms with Gasteiger partial charge in [0, 0.05) is 17.7 Å². The monoisotopic (exact) mass is 333 g/mol. The number of carbonyl (C=O) groups excluding carboxylic acids is 1. The molecule has 1 saturated carbocycles. The maximum atomic E-state index is 12.7. The van der Waals surface area contributed by atoms with Crippen molar-refractivity contribution in [1.82, 2.24) is 20.6 Å². The molecule has 1 aliphatic rings. The van der Waals surface area contributed by atoms with Crippen molar-refractivity contribution < 1.29 is 4.79 Å². The van der Waals surface area contributed by atoms with Gasteiger partial charge in [0.05, 0.1) is 0 Å². The number of anilines is 1. The van der Waals surface area contributed by atoms with Crippen molar-refractivity contribution >= 4 is 11.6 Å². The molecule has 0 spiro atoms. The van der Waals surface area contributed by atoms with E-state index in [1.54, 1.807) is 0 Å². The lowest BCUT2D eigenvalue weighted by molar-refractivity contribution is 0.102. The Labute approximate surface area is 145 Å². The zero-order valence-electron chi connectivity index (χ0n) is 14.0. The first-order chi connectivity index (χ1) is 12.1. The number of para-hydroxylation sites is 1. The van der Waals surface area contributed by atoms with Crippen molar-refractivity contribution in [2.24, 2.45) is 0 Å². The van der Waals surface area contributed by atoms with Crippen LogP contribution in [0.2, 0.25) is 0 Å². The van der Waals surface area contributed by atoms with Gasteiger partial charge in [-0.1, -0.05) is 42.5 Å². The molecule has 1 aromatic heterocycles. The minimum atomic E-state index is -0.105. The number of nitrogens with one attached hydrogen (secondary N) is 2. The van der Waals surface area contributed by atoms with Gasteiger partial charge in [-0.05, 0) is 47.6 Å². The van der Waals surface area contributed by atoms with Crippen molar-refractivity contribution in [2.45, 2.75) is 31.6 Å². The van der Waals surface area contributed by atoms with Gasteiger partial charge in [0.2, 0.25) is 0 Å². The highest BCUT2D eigenvalue weighted by atomic mass is 16.1. The number of tetrazole rings is 1. The van der Waals surface area contributed by atoms with E-state index in [0.717, 1.165) is 11.3 Å². The van der Waals surface area contributed by atoms with Gasteiger partial charge in [-0.3, -0.25) is 4.79 Å². The molecule has 4 rings (SSSR count). The molecule has 2 aromatic carbocycles. The van der Waals surface area contributed by atoms with E-state index in [2.05, 4.69) is 38.9 Å². The van der Waals surface area contributed by atoms with Crippen molar-refractivity contribution in [3.8, 4) is 0 Å². The summed E-state index contributed by atoms with van der Waals surface area (Å²) >= 11 is 0. The second-order valence-corrected chi connectivity index (χ2v) is 6.76. The highest BCUT2D eigenvalue weighted by Crippen LogP contribution is 2.47. The van der Waals surface area contributed by atoms with Gasteiger partial charge in [0.15, 0.2) is 5.82 Å².